The van der Waals surface area contributed by atoms with E-state index in [1.165, 1.54) is 22.3 Å². The number of rotatable bonds is 2. The zero-order chi connectivity index (χ0) is 17.5. The molecule has 1 fully saturated rings. The first kappa shape index (κ1) is 16.8. The first-order chi connectivity index (χ1) is 11.4. The van der Waals surface area contributed by atoms with E-state index in [1.54, 1.807) is 7.11 Å². The molecule has 1 saturated carbocycles. The molecule has 126 valence electrons. The van der Waals surface area contributed by atoms with Gasteiger partial charge in [0.2, 0.25) is 0 Å². The van der Waals surface area contributed by atoms with Gasteiger partial charge >= 0.3 is 0 Å². The van der Waals surface area contributed by atoms with E-state index in [9.17, 15) is 4.79 Å². The molecule has 1 aromatic rings. The molecule has 2 heteroatoms. The van der Waals surface area contributed by atoms with Gasteiger partial charge in [-0.1, -0.05) is 31.7 Å². The van der Waals surface area contributed by atoms with Gasteiger partial charge in [-0.3, -0.25) is 4.79 Å². The predicted octanol–water partition coefficient (Wildman–Crippen LogP) is 5.36. The molecule has 0 aliphatic heterocycles. The predicted molar refractivity (Wildman–Crippen MR) is 98.9 cm³/mol. The van der Waals surface area contributed by atoms with Crippen LogP contribution in [0, 0.1) is 11.3 Å². The molecule has 0 saturated heterocycles. The summed E-state index contributed by atoms with van der Waals surface area (Å²) in [4.78, 5) is 12.1. The third kappa shape index (κ3) is 2.64. The Morgan fingerprint density at radius 3 is 2.83 bits per heavy atom. The number of carbonyl (C=O) groups excluding carboxylic acids is 1. The van der Waals surface area contributed by atoms with Gasteiger partial charge in [0.05, 0.1) is 7.11 Å². The van der Waals surface area contributed by atoms with Crippen LogP contribution in [0.3, 0.4) is 0 Å². The topological polar surface area (TPSA) is 26.3 Å². The van der Waals surface area contributed by atoms with E-state index in [2.05, 4.69) is 38.6 Å². The van der Waals surface area contributed by atoms with Gasteiger partial charge in [-0.15, -0.1) is 0 Å². The molecule has 0 aromatic heterocycles. The van der Waals surface area contributed by atoms with Gasteiger partial charge < -0.3 is 4.74 Å². The van der Waals surface area contributed by atoms with Crippen molar-refractivity contribution in [2.45, 2.75) is 40.0 Å². The fraction of sp³-hybridized carbons (Fsp3) is 0.409. The zero-order valence-electron chi connectivity index (χ0n) is 15.1. The van der Waals surface area contributed by atoms with Crippen LogP contribution in [0.15, 0.2) is 53.6 Å². The van der Waals surface area contributed by atoms with Crippen molar-refractivity contribution >= 4 is 11.4 Å². The average Bonchev–Trinajstić information content (AvgIpc) is 2.58. The molecular weight excluding hydrogens is 296 g/mol. The highest BCUT2D eigenvalue weighted by Gasteiger charge is 2.44. The molecule has 2 nitrogen and oxygen atoms in total. The Labute approximate surface area is 144 Å². The molecule has 0 amide bonds. The number of allylic oxidation sites excluding steroid dienone is 5. The average molecular weight is 322 g/mol. The second-order valence-electron chi connectivity index (χ2n) is 7.29. The Bertz CT molecular complexity index is 766. The molecule has 2 unspecified atom stereocenters. The van der Waals surface area contributed by atoms with Gasteiger partial charge in [0.1, 0.15) is 5.75 Å². The van der Waals surface area contributed by atoms with Crippen molar-refractivity contribution < 1.29 is 9.53 Å². The number of hydrogen-bond acceptors (Lipinski definition) is 2. The van der Waals surface area contributed by atoms with E-state index >= 15 is 0 Å². The van der Waals surface area contributed by atoms with Gasteiger partial charge in [-0.05, 0) is 72.6 Å². The third-order valence-corrected chi connectivity index (χ3v) is 5.95. The molecule has 0 N–H and O–H groups in total. The van der Waals surface area contributed by atoms with E-state index < -0.39 is 0 Å². The number of hydrogen-bond donors (Lipinski definition) is 0. The molecule has 0 radical (unpaired) electrons. The molecule has 0 heterocycles. The first-order valence-electron chi connectivity index (χ1n) is 8.63. The Balaban J connectivity index is 2.04. The summed E-state index contributed by atoms with van der Waals surface area (Å²) in [6, 6.07) is 8.19. The highest BCUT2D eigenvalue weighted by molar-refractivity contribution is 5.96. The number of ketones is 1. The number of Topliss-reactive ketones (excluding diaryl/α,β-unsaturated/α-hetero) is 1. The van der Waals surface area contributed by atoms with Crippen LogP contribution in [0.5, 0.6) is 5.75 Å². The summed E-state index contributed by atoms with van der Waals surface area (Å²) in [5.74, 6) is 1.54. The van der Waals surface area contributed by atoms with Crippen molar-refractivity contribution in [2.24, 2.45) is 11.3 Å². The van der Waals surface area contributed by atoms with Crippen molar-refractivity contribution in [3.63, 3.8) is 0 Å². The summed E-state index contributed by atoms with van der Waals surface area (Å²) in [5.41, 5.74) is 5.73. The smallest absolute Gasteiger partial charge is 0.158 e. The maximum absolute atomic E-state index is 12.1. The second-order valence-corrected chi connectivity index (χ2v) is 7.29. The molecule has 0 spiro atoms. The lowest BCUT2D eigenvalue weighted by atomic mass is 9.58. The van der Waals surface area contributed by atoms with Gasteiger partial charge in [0.25, 0.3) is 0 Å². The van der Waals surface area contributed by atoms with Gasteiger partial charge in [0, 0.05) is 11.8 Å². The van der Waals surface area contributed by atoms with Crippen molar-refractivity contribution in [1.29, 1.82) is 0 Å². The lowest BCUT2D eigenvalue weighted by Crippen LogP contribution is -2.37. The van der Waals surface area contributed by atoms with E-state index in [1.807, 2.05) is 19.1 Å². The molecule has 2 atom stereocenters. The normalized spacial score (nSPS) is 29.0. The SMILES string of the molecule is C=C1/C(=C(\C)c2cccc(OC)c2)CCC2CC(=O)C(C)=CC12C. The van der Waals surface area contributed by atoms with Gasteiger partial charge in [-0.25, -0.2) is 0 Å². The number of ether oxygens (including phenoxy) is 1. The van der Waals surface area contributed by atoms with Crippen LogP contribution < -0.4 is 4.74 Å². The Kier molecular flexibility index (Phi) is 4.25. The summed E-state index contributed by atoms with van der Waals surface area (Å²) in [7, 11) is 1.69. The maximum atomic E-state index is 12.1. The molecule has 3 rings (SSSR count). The van der Waals surface area contributed by atoms with Crippen molar-refractivity contribution in [2.75, 3.05) is 7.11 Å². The minimum absolute atomic E-state index is 0.105. The molecule has 2 aliphatic rings. The van der Waals surface area contributed by atoms with Crippen LogP contribution >= 0.6 is 0 Å². The van der Waals surface area contributed by atoms with Crippen LogP contribution in [0.1, 0.15) is 45.6 Å². The fourth-order valence-electron chi connectivity index (χ4n) is 4.22. The minimum Gasteiger partial charge on any atom is -0.497 e. The molecule has 0 bridgehead atoms. The van der Waals surface area contributed by atoms with Crippen LogP contribution in [-0.4, -0.2) is 12.9 Å². The summed E-state index contributed by atoms with van der Waals surface area (Å²) >= 11 is 0. The lowest BCUT2D eigenvalue weighted by molar-refractivity contribution is -0.117. The Morgan fingerprint density at radius 1 is 1.38 bits per heavy atom. The van der Waals surface area contributed by atoms with Crippen molar-refractivity contribution in [3.8, 4) is 5.75 Å². The first-order valence-corrected chi connectivity index (χ1v) is 8.63. The van der Waals surface area contributed by atoms with Crippen LogP contribution in [-0.2, 0) is 4.79 Å². The van der Waals surface area contributed by atoms with E-state index in [4.69, 9.17) is 4.74 Å². The minimum atomic E-state index is -0.105. The summed E-state index contributed by atoms with van der Waals surface area (Å²) in [6.07, 6.45) is 4.84. The number of fused-ring (bicyclic) bond motifs is 1. The highest BCUT2D eigenvalue weighted by Crippen LogP contribution is 2.53. The summed E-state index contributed by atoms with van der Waals surface area (Å²) < 4.78 is 5.36. The number of methoxy groups -OCH3 is 1. The third-order valence-electron chi connectivity index (χ3n) is 5.95. The summed E-state index contributed by atoms with van der Waals surface area (Å²) in [6.45, 7) is 10.8. The zero-order valence-corrected chi connectivity index (χ0v) is 15.1. The van der Waals surface area contributed by atoms with Crippen molar-refractivity contribution in [1.82, 2.24) is 0 Å². The van der Waals surface area contributed by atoms with Gasteiger partial charge in [0.15, 0.2) is 5.78 Å². The standard InChI is InChI=1S/C22H26O2/c1-14-13-22(4)16(3)20(10-9-18(22)12-21(14)23)15(2)17-7-6-8-19(11-17)24-5/h6-8,11,13,18H,3,9-10,12H2,1-2,4-5H3/b20-15+. The number of carbonyl (C=O) groups is 1. The Morgan fingerprint density at radius 2 is 2.12 bits per heavy atom. The molecule has 24 heavy (non-hydrogen) atoms. The highest BCUT2D eigenvalue weighted by atomic mass is 16.5. The van der Waals surface area contributed by atoms with Crippen LogP contribution in [0.2, 0.25) is 0 Å². The van der Waals surface area contributed by atoms with Gasteiger partial charge in [-0.2, -0.15) is 0 Å². The fourth-order valence-corrected chi connectivity index (χ4v) is 4.22. The largest absolute Gasteiger partial charge is 0.497 e. The Hall–Kier alpha value is -2.09. The summed E-state index contributed by atoms with van der Waals surface area (Å²) in [5, 5.41) is 0. The van der Waals surface area contributed by atoms with E-state index in [0.29, 0.717) is 18.1 Å². The lowest BCUT2D eigenvalue weighted by Gasteiger charge is -2.45. The van der Waals surface area contributed by atoms with Crippen molar-refractivity contribution in [3.05, 3.63) is 59.2 Å². The molecular formula is C22H26O2. The monoisotopic (exact) mass is 322 g/mol. The van der Waals surface area contributed by atoms with Crippen LogP contribution in [0.4, 0.5) is 0 Å². The van der Waals surface area contributed by atoms with E-state index in [-0.39, 0.29) is 5.41 Å². The van der Waals surface area contributed by atoms with Crippen LogP contribution in [0.25, 0.3) is 5.57 Å². The molecule has 2 aliphatic carbocycles. The number of benzene rings is 1. The molecule has 1 aromatic carbocycles. The second kappa shape index (κ2) is 6.08. The van der Waals surface area contributed by atoms with E-state index in [0.717, 1.165) is 24.2 Å². The maximum Gasteiger partial charge on any atom is 0.158 e. The quantitative estimate of drug-likeness (QED) is 0.732.